The molecule has 0 saturated heterocycles. The summed E-state index contributed by atoms with van der Waals surface area (Å²) in [5.74, 6) is 0.0249. The molecule has 66 valence electrons. The first kappa shape index (κ1) is 8.51. The summed E-state index contributed by atoms with van der Waals surface area (Å²) in [7, 11) is 0. The van der Waals surface area contributed by atoms with Gasteiger partial charge in [0.15, 0.2) is 5.78 Å². The van der Waals surface area contributed by atoms with Crippen LogP contribution in [0.5, 0.6) is 0 Å². The molecule has 0 aliphatic carbocycles. The number of carbonyl (C=O) groups is 1. The lowest BCUT2D eigenvalue weighted by Crippen LogP contribution is -1.88. The maximum atomic E-state index is 11.2. The van der Waals surface area contributed by atoms with Crippen molar-refractivity contribution in [2.24, 2.45) is 0 Å². The number of hydrogen-bond acceptors (Lipinski definition) is 2. The van der Waals surface area contributed by atoms with Crippen LogP contribution in [0.2, 0.25) is 0 Å². The van der Waals surface area contributed by atoms with Crippen LogP contribution >= 0.6 is 15.9 Å². The van der Waals surface area contributed by atoms with Gasteiger partial charge in [-0.15, -0.1) is 0 Å². The number of Topliss-reactive ketones (excluding diaryl/α,β-unsaturated/α-hetero) is 1. The summed E-state index contributed by atoms with van der Waals surface area (Å²) in [5, 5.41) is 0.863. The summed E-state index contributed by atoms with van der Waals surface area (Å²) >= 11 is 3.35. The van der Waals surface area contributed by atoms with Crippen molar-refractivity contribution in [3.05, 3.63) is 34.5 Å². The third-order valence-corrected chi connectivity index (χ3v) is 2.41. The molecule has 0 amide bonds. The zero-order chi connectivity index (χ0) is 9.42. The summed E-state index contributed by atoms with van der Waals surface area (Å²) in [6.45, 7) is 1.53. The second kappa shape index (κ2) is 3.00. The smallest absolute Gasteiger partial charge is 0.163 e. The van der Waals surface area contributed by atoms with E-state index in [1.807, 2.05) is 18.2 Å². The van der Waals surface area contributed by atoms with Crippen molar-refractivity contribution in [1.82, 2.24) is 0 Å². The highest BCUT2D eigenvalue weighted by molar-refractivity contribution is 9.10. The minimum absolute atomic E-state index is 0.0249. The monoisotopic (exact) mass is 238 g/mol. The number of rotatable bonds is 1. The van der Waals surface area contributed by atoms with E-state index in [-0.39, 0.29) is 5.78 Å². The Labute approximate surface area is 83.7 Å². The third kappa shape index (κ3) is 1.40. The number of fused-ring (bicyclic) bond motifs is 1. The number of hydrogen-bond donors (Lipinski definition) is 0. The molecule has 1 aromatic carbocycles. The van der Waals surface area contributed by atoms with E-state index in [1.165, 1.54) is 13.2 Å². The van der Waals surface area contributed by atoms with Crippen molar-refractivity contribution >= 4 is 32.7 Å². The number of furan rings is 1. The second-order valence-electron chi connectivity index (χ2n) is 2.85. The predicted molar refractivity (Wildman–Crippen MR) is 53.9 cm³/mol. The molecule has 0 aliphatic rings. The van der Waals surface area contributed by atoms with E-state index in [0.29, 0.717) is 5.56 Å². The lowest BCUT2D eigenvalue weighted by atomic mass is 10.1. The van der Waals surface area contributed by atoms with Gasteiger partial charge in [-0.05, 0) is 25.1 Å². The first-order valence-electron chi connectivity index (χ1n) is 3.86. The molecule has 1 heterocycles. The van der Waals surface area contributed by atoms with E-state index in [1.54, 1.807) is 0 Å². The summed E-state index contributed by atoms with van der Waals surface area (Å²) in [5.41, 5.74) is 1.38. The van der Waals surface area contributed by atoms with Gasteiger partial charge in [0.25, 0.3) is 0 Å². The van der Waals surface area contributed by atoms with Crippen LogP contribution in [0.25, 0.3) is 11.0 Å². The number of carbonyl (C=O) groups excluding carboxylic acids is 1. The van der Waals surface area contributed by atoms with Gasteiger partial charge >= 0.3 is 0 Å². The first-order valence-corrected chi connectivity index (χ1v) is 4.65. The topological polar surface area (TPSA) is 30.2 Å². The van der Waals surface area contributed by atoms with Crippen molar-refractivity contribution in [1.29, 1.82) is 0 Å². The van der Waals surface area contributed by atoms with Crippen LogP contribution in [0.4, 0.5) is 0 Å². The minimum Gasteiger partial charge on any atom is -0.464 e. The van der Waals surface area contributed by atoms with Crippen LogP contribution < -0.4 is 0 Å². The fraction of sp³-hybridized carbons (Fsp3) is 0.100. The van der Waals surface area contributed by atoms with Gasteiger partial charge < -0.3 is 4.42 Å². The Hall–Kier alpha value is -1.09. The van der Waals surface area contributed by atoms with Gasteiger partial charge in [0.1, 0.15) is 11.8 Å². The molecule has 0 radical (unpaired) electrons. The van der Waals surface area contributed by atoms with Crippen LogP contribution in [0.3, 0.4) is 0 Å². The minimum atomic E-state index is 0.0249. The molecule has 13 heavy (non-hydrogen) atoms. The Bertz CT molecular complexity index is 471. The van der Waals surface area contributed by atoms with Gasteiger partial charge in [-0.3, -0.25) is 4.79 Å². The molecule has 3 heteroatoms. The molecule has 0 N–H and O–H groups in total. The molecule has 1 aromatic heterocycles. The van der Waals surface area contributed by atoms with E-state index < -0.39 is 0 Å². The molecule has 0 saturated carbocycles. The van der Waals surface area contributed by atoms with Crippen LogP contribution in [0.15, 0.2) is 33.4 Å². The fourth-order valence-corrected chi connectivity index (χ4v) is 1.64. The van der Waals surface area contributed by atoms with E-state index in [9.17, 15) is 4.79 Å². The zero-order valence-electron chi connectivity index (χ0n) is 7.00. The summed E-state index contributed by atoms with van der Waals surface area (Å²) in [6.07, 6.45) is 1.50. The fourth-order valence-electron chi connectivity index (χ4n) is 1.27. The van der Waals surface area contributed by atoms with E-state index in [4.69, 9.17) is 4.42 Å². The van der Waals surface area contributed by atoms with Crippen molar-refractivity contribution < 1.29 is 9.21 Å². The van der Waals surface area contributed by atoms with Gasteiger partial charge in [-0.1, -0.05) is 15.9 Å². The average molecular weight is 239 g/mol. The van der Waals surface area contributed by atoms with Gasteiger partial charge in [-0.25, -0.2) is 0 Å². The summed E-state index contributed by atoms with van der Waals surface area (Å²) in [6, 6.07) is 5.61. The lowest BCUT2D eigenvalue weighted by molar-refractivity contribution is 0.101. The number of ketones is 1. The molecular weight excluding hydrogens is 232 g/mol. The Kier molecular flexibility index (Phi) is 1.96. The molecule has 0 unspecified atom stereocenters. The van der Waals surface area contributed by atoms with Crippen LogP contribution in [0.1, 0.15) is 17.3 Å². The molecule has 0 aliphatic heterocycles. The van der Waals surface area contributed by atoms with Gasteiger partial charge in [0.2, 0.25) is 0 Å². The normalized spacial score (nSPS) is 10.6. The maximum Gasteiger partial charge on any atom is 0.163 e. The summed E-state index contributed by atoms with van der Waals surface area (Å²) < 4.78 is 6.17. The van der Waals surface area contributed by atoms with Gasteiger partial charge in [0.05, 0.1) is 5.56 Å². The first-order chi connectivity index (χ1) is 6.18. The van der Waals surface area contributed by atoms with Crippen molar-refractivity contribution in [2.75, 3.05) is 0 Å². The van der Waals surface area contributed by atoms with Crippen LogP contribution in [0, 0.1) is 0 Å². The van der Waals surface area contributed by atoms with E-state index >= 15 is 0 Å². The average Bonchev–Trinajstić information content (AvgIpc) is 2.46. The standard InChI is InChI=1S/C10H7BrO2/c1-6(12)9-5-13-10-3-2-7(11)4-8(9)10/h2-5H,1H3. The van der Waals surface area contributed by atoms with Crippen molar-refractivity contribution in [3.8, 4) is 0 Å². The van der Waals surface area contributed by atoms with Crippen molar-refractivity contribution in [3.63, 3.8) is 0 Å². The maximum absolute atomic E-state index is 11.2. The van der Waals surface area contributed by atoms with E-state index in [0.717, 1.165) is 15.4 Å². The Morgan fingerprint density at radius 3 is 2.92 bits per heavy atom. The Morgan fingerprint density at radius 1 is 1.46 bits per heavy atom. The molecule has 0 fully saturated rings. The third-order valence-electron chi connectivity index (χ3n) is 1.91. The molecular formula is C10H7BrO2. The molecule has 0 atom stereocenters. The van der Waals surface area contributed by atoms with Crippen LogP contribution in [-0.2, 0) is 0 Å². The van der Waals surface area contributed by atoms with E-state index in [2.05, 4.69) is 15.9 Å². The molecule has 0 bridgehead atoms. The number of benzene rings is 1. The molecule has 0 spiro atoms. The highest BCUT2D eigenvalue weighted by atomic mass is 79.9. The van der Waals surface area contributed by atoms with Crippen LogP contribution in [-0.4, -0.2) is 5.78 Å². The Balaban J connectivity index is 2.79. The summed E-state index contributed by atoms with van der Waals surface area (Å²) in [4.78, 5) is 11.2. The lowest BCUT2D eigenvalue weighted by Gasteiger charge is -1.91. The number of halogens is 1. The SMILES string of the molecule is CC(=O)c1coc2ccc(Br)cc12. The van der Waals surface area contributed by atoms with Crippen molar-refractivity contribution in [2.45, 2.75) is 6.92 Å². The van der Waals surface area contributed by atoms with Gasteiger partial charge in [-0.2, -0.15) is 0 Å². The highest BCUT2D eigenvalue weighted by Gasteiger charge is 2.09. The molecule has 2 rings (SSSR count). The quantitative estimate of drug-likeness (QED) is 0.714. The zero-order valence-corrected chi connectivity index (χ0v) is 8.59. The predicted octanol–water partition coefficient (Wildman–Crippen LogP) is 3.40. The largest absolute Gasteiger partial charge is 0.464 e. The molecule has 2 aromatic rings. The highest BCUT2D eigenvalue weighted by Crippen LogP contribution is 2.24. The molecule has 2 nitrogen and oxygen atoms in total. The Morgan fingerprint density at radius 2 is 2.23 bits per heavy atom. The van der Waals surface area contributed by atoms with Gasteiger partial charge in [0, 0.05) is 9.86 Å². The second-order valence-corrected chi connectivity index (χ2v) is 3.76.